The van der Waals surface area contributed by atoms with Gasteiger partial charge in [-0.25, -0.2) is 0 Å². The number of hydrogen-bond acceptors (Lipinski definition) is 1. The molecule has 1 aromatic rings. The summed E-state index contributed by atoms with van der Waals surface area (Å²) in [6.45, 7) is 2.59. The van der Waals surface area contributed by atoms with Gasteiger partial charge in [-0.1, -0.05) is 37.6 Å². The Kier molecular flexibility index (Phi) is 7.19. The number of halogens is 11. The third-order valence-corrected chi connectivity index (χ3v) is 4.69. The van der Waals surface area contributed by atoms with Crippen molar-refractivity contribution >= 4 is 0 Å². The lowest BCUT2D eigenvalue weighted by Crippen LogP contribution is -2.67. The van der Waals surface area contributed by atoms with E-state index in [4.69, 9.17) is 4.74 Å². The number of hydrogen-bond donors (Lipinski definition) is 0. The highest BCUT2D eigenvalue weighted by Gasteiger charge is 2.87. The van der Waals surface area contributed by atoms with Crippen molar-refractivity contribution in [1.29, 1.82) is 0 Å². The predicted molar refractivity (Wildman–Crippen MR) is 85.3 cm³/mol. The fraction of sp³-hybridized carbons (Fsp3) is 0.667. The van der Waals surface area contributed by atoms with E-state index in [1.807, 2.05) is 0 Å². The van der Waals surface area contributed by atoms with E-state index in [2.05, 4.69) is 0 Å². The van der Waals surface area contributed by atoms with Gasteiger partial charge < -0.3 is 4.74 Å². The number of methoxy groups -OCH3 is 1. The smallest absolute Gasteiger partial charge is 0.374 e. The number of benzene rings is 1. The first-order valence-corrected chi connectivity index (χ1v) is 8.53. The van der Waals surface area contributed by atoms with Crippen molar-refractivity contribution in [3.8, 4) is 0 Å². The first-order valence-electron chi connectivity index (χ1n) is 8.53. The van der Waals surface area contributed by atoms with Gasteiger partial charge in [0, 0.05) is 7.11 Å². The van der Waals surface area contributed by atoms with Crippen molar-refractivity contribution in [3.63, 3.8) is 0 Å². The summed E-state index contributed by atoms with van der Waals surface area (Å²) >= 11 is 0. The topological polar surface area (TPSA) is 9.23 Å². The standard InChI is InChI=1S/C18H19F11O/c1-4-6-11-7-5-8-12(9-11)13(2,30-3)10-14(19,20)15(21,22)16(23,24)17(25,26)18(27,28)29/h5,7-9H,4,6,10H2,1-3H3. The second-order valence-electron chi connectivity index (χ2n) is 6.99. The van der Waals surface area contributed by atoms with E-state index in [-0.39, 0.29) is 5.56 Å². The van der Waals surface area contributed by atoms with Crippen LogP contribution in [0.1, 0.15) is 37.8 Å². The summed E-state index contributed by atoms with van der Waals surface area (Å²) in [6.07, 6.45) is -8.42. The molecule has 0 N–H and O–H groups in total. The van der Waals surface area contributed by atoms with Gasteiger partial charge >= 0.3 is 29.9 Å². The van der Waals surface area contributed by atoms with Crippen molar-refractivity contribution in [2.75, 3.05) is 7.11 Å². The van der Waals surface area contributed by atoms with Crippen LogP contribution in [0.3, 0.4) is 0 Å². The third-order valence-electron chi connectivity index (χ3n) is 4.69. The van der Waals surface area contributed by atoms with Gasteiger partial charge in [-0.15, -0.1) is 0 Å². The van der Waals surface area contributed by atoms with Crippen LogP contribution in [-0.2, 0) is 16.8 Å². The number of alkyl halides is 11. The lowest BCUT2D eigenvalue weighted by molar-refractivity contribution is -0.424. The Balaban J connectivity index is 3.42. The van der Waals surface area contributed by atoms with Gasteiger partial charge in [0.2, 0.25) is 0 Å². The molecule has 30 heavy (non-hydrogen) atoms. The molecule has 1 rings (SSSR count). The zero-order valence-electron chi connectivity index (χ0n) is 16.0. The molecule has 0 fully saturated rings. The van der Waals surface area contributed by atoms with Gasteiger partial charge in [-0.2, -0.15) is 48.3 Å². The van der Waals surface area contributed by atoms with Crippen LogP contribution in [0.2, 0.25) is 0 Å². The molecule has 0 spiro atoms. The van der Waals surface area contributed by atoms with Gasteiger partial charge in [-0.3, -0.25) is 0 Å². The zero-order chi connectivity index (χ0) is 23.8. The van der Waals surface area contributed by atoms with Crippen LogP contribution in [-0.4, -0.2) is 37.0 Å². The fourth-order valence-corrected chi connectivity index (χ4v) is 2.78. The zero-order valence-corrected chi connectivity index (χ0v) is 16.0. The van der Waals surface area contributed by atoms with Crippen molar-refractivity contribution in [2.24, 2.45) is 0 Å². The van der Waals surface area contributed by atoms with Crippen LogP contribution in [0.5, 0.6) is 0 Å². The minimum absolute atomic E-state index is 0.169. The van der Waals surface area contributed by atoms with Crippen molar-refractivity contribution in [2.45, 2.75) is 68.6 Å². The predicted octanol–water partition coefficient (Wildman–Crippen LogP) is 6.99. The lowest BCUT2D eigenvalue weighted by atomic mass is 9.84. The Morgan fingerprint density at radius 1 is 0.800 bits per heavy atom. The Labute approximate surface area is 165 Å². The average molecular weight is 460 g/mol. The molecule has 0 aliphatic carbocycles. The number of ether oxygens (including phenoxy) is 1. The Morgan fingerprint density at radius 3 is 1.77 bits per heavy atom. The number of aryl methyl sites for hydroxylation is 1. The Bertz CT molecular complexity index is 727. The van der Waals surface area contributed by atoms with Crippen LogP contribution in [0.25, 0.3) is 0 Å². The van der Waals surface area contributed by atoms with Gasteiger partial charge in [-0.05, 0) is 24.5 Å². The lowest BCUT2D eigenvalue weighted by Gasteiger charge is -2.40. The summed E-state index contributed by atoms with van der Waals surface area (Å²) in [5.74, 6) is -27.9. The summed E-state index contributed by atoms with van der Waals surface area (Å²) in [5.41, 5.74) is -2.01. The first kappa shape index (κ1) is 26.4. The van der Waals surface area contributed by atoms with Crippen LogP contribution in [0.15, 0.2) is 24.3 Å². The fourth-order valence-electron chi connectivity index (χ4n) is 2.78. The second-order valence-corrected chi connectivity index (χ2v) is 6.99. The van der Waals surface area contributed by atoms with Crippen LogP contribution >= 0.6 is 0 Å². The third kappa shape index (κ3) is 4.38. The summed E-state index contributed by atoms with van der Waals surface area (Å²) in [7, 11) is 0.781. The summed E-state index contributed by atoms with van der Waals surface area (Å²) in [4.78, 5) is 0. The molecule has 0 bridgehead atoms. The second kappa shape index (κ2) is 8.16. The van der Waals surface area contributed by atoms with E-state index in [0.29, 0.717) is 18.4 Å². The van der Waals surface area contributed by atoms with E-state index >= 15 is 0 Å². The van der Waals surface area contributed by atoms with Crippen LogP contribution < -0.4 is 0 Å². The summed E-state index contributed by atoms with van der Waals surface area (Å²) in [5, 5.41) is 0. The van der Waals surface area contributed by atoms with E-state index in [1.165, 1.54) is 12.1 Å². The molecular weight excluding hydrogens is 441 g/mol. The molecule has 1 nitrogen and oxygen atoms in total. The highest BCUT2D eigenvalue weighted by atomic mass is 19.4. The van der Waals surface area contributed by atoms with Gasteiger partial charge in [0.05, 0.1) is 12.0 Å². The molecule has 0 saturated heterocycles. The first-order chi connectivity index (χ1) is 13.3. The maximum atomic E-state index is 14.2. The molecule has 174 valence electrons. The van der Waals surface area contributed by atoms with E-state index in [9.17, 15) is 48.3 Å². The maximum absolute atomic E-state index is 14.2. The minimum atomic E-state index is -7.43. The van der Waals surface area contributed by atoms with Crippen LogP contribution in [0.4, 0.5) is 48.3 Å². The van der Waals surface area contributed by atoms with E-state index < -0.39 is 41.9 Å². The van der Waals surface area contributed by atoms with Gasteiger partial charge in [0.25, 0.3) is 0 Å². The normalized spacial score (nSPS) is 16.5. The molecule has 0 aliphatic rings. The molecular formula is C18H19F11O. The molecule has 0 heterocycles. The molecule has 0 aliphatic heterocycles. The van der Waals surface area contributed by atoms with Gasteiger partial charge in [0.1, 0.15) is 0 Å². The maximum Gasteiger partial charge on any atom is 0.460 e. The number of rotatable bonds is 9. The van der Waals surface area contributed by atoms with Crippen molar-refractivity contribution in [3.05, 3.63) is 35.4 Å². The minimum Gasteiger partial charge on any atom is -0.374 e. The monoisotopic (exact) mass is 460 g/mol. The summed E-state index contributed by atoms with van der Waals surface area (Å²) in [6, 6.07) is 5.33. The largest absolute Gasteiger partial charge is 0.460 e. The molecule has 12 heteroatoms. The van der Waals surface area contributed by atoms with Crippen molar-refractivity contribution in [1.82, 2.24) is 0 Å². The van der Waals surface area contributed by atoms with Gasteiger partial charge in [0.15, 0.2) is 0 Å². The Morgan fingerprint density at radius 2 is 1.33 bits per heavy atom. The highest BCUT2D eigenvalue weighted by molar-refractivity contribution is 5.29. The molecule has 0 saturated carbocycles. The highest BCUT2D eigenvalue weighted by Crippen LogP contribution is 2.59. The molecule has 0 amide bonds. The van der Waals surface area contributed by atoms with Crippen molar-refractivity contribution < 1.29 is 53.0 Å². The molecule has 1 unspecified atom stereocenters. The SMILES string of the molecule is CCCc1cccc(C(C)(CC(F)(F)C(F)(F)C(F)(F)C(F)(F)C(F)(F)F)OC)c1. The average Bonchev–Trinajstić information content (AvgIpc) is 2.60. The van der Waals surface area contributed by atoms with E-state index in [1.54, 1.807) is 13.0 Å². The molecule has 1 aromatic carbocycles. The molecule has 0 aromatic heterocycles. The van der Waals surface area contributed by atoms with Crippen LogP contribution in [0, 0.1) is 0 Å². The Hall–Kier alpha value is -1.59. The quantitative estimate of drug-likeness (QED) is 0.361. The molecule has 0 radical (unpaired) electrons. The van der Waals surface area contributed by atoms with E-state index in [0.717, 1.165) is 20.1 Å². The molecule has 1 atom stereocenters. The summed E-state index contributed by atoms with van der Waals surface area (Å²) < 4.78 is 150.